The van der Waals surface area contributed by atoms with E-state index in [4.69, 9.17) is 5.41 Å². The molecule has 0 unspecified atom stereocenters. The Balaban J connectivity index is 2.05. The minimum absolute atomic E-state index is 0.0999. The number of carbonyl (C=O) groups is 1. The van der Waals surface area contributed by atoms with E-state index in [1.54, 1.807) is 4.90 Å². The van der Waals surface area contributed by atoms with Crippen LogP contribution in [-0.4, -0.2) is 29.4 Å². The SMILES string of the molecule is CN1C(=O)NC(=N)C12CCCCCCCCCCC2. The Hall–Kier alpha value is -1.06. The lowest BCUT2D eigenvalue weighted by Crippen LogP contribution is -2.47. The van der Waals surface area contributed by atoms with Gasteiger partial charge in [0.1, 0.15) is 11.4 Å². The van der Waals surface area contributed by atoms with Crippen LogP contribution in [0.3, 0.4) is 0 Å². The van der Waals surface area contributed by atoms with E-state index in [0.29, 0.717) is 5.84 Å². The van der Waals surface area contributed by atoms with Crippen molar-refractivity contribution in [2.45, 2.75) is 76.2 Å². The molecular formula is C15H27N3O. The van der Waals surface area contributed by atoms with Crippen LogP contribution in [0, 0.1) is 5.41 Å². The molecule has 0 bridgehead atoms. The van der Waals surface area contributed by atoms with Crippen LogP contribution in [0.5, 0.6) is 0 Å². The highest BCUT2D eigenvalue weighted by Gasteiger charge is 2.46. The minimum Gasteiger partial charge on any atom is -0.315 e. The van der Waals surface area contributed by atoms with Crippen LogP contribution in [0.15, 0.2) is 0 Å². The van der Waals surface area contributed by atoms with Crippen LogP contribution in [0.1, 0.15) is 70.6 Å². The number of rotatable bonds is 0. The monoisotopic (exact) mass is 265 g/mol. The first kappa shape index (κ1) is 14.4. The van der Waals surface area contributed by atoms with Crippen LogP contribution in [0.25, 0.3) is 0 Å². The molecule has 2 amide bonds. The van der Waals surface area contributed by atoms with E-state index in [1.807, 2.05) is 7.05 Å². The summed E-state index contributed by atoms with van der Waals surface area (Å²) in [6.45, 7) is 0. The third-order valence-electron chi connectivity index (χ3n) is 4.82. The molecule has 1 heterocycles. The summed E-state index contributed by atoms with van der Waals surface area (Å²) in [5.41, 5.74) is -0.337. The first-order chi connectivity index (χ1) is 9.17. The highest BCUT2D eigenvalue weighted by Crippen LogP contribution is 2.33. The van der Waals surface area contributed by atoms with Crippen molar-refractivity contribution in [2.24, 2.45) is 0 Å². The molecule has 1 spiro atoms. The quantitative estimate of drug-likeness (QED) is 0.690. The molecule has 0 atom stereocenters. The number of urea groups is 1. The molecule has 4 heteroatoms. The molecule has 2 aliphatic rings. The van der Waals surface area contributed by atoms with Crippen molar-refractivity contribution >= 4 is 11.9 Å². The molecule has 0 aromatic carbocycles. The van der Waals surface area contributed by atoms with Gasteiger partial charge in [-0.1, -0.05) is 57.8 Å². The number of hydrogen-bond acceptors (Lipinski definition) is 2. The molecule has 2 N–H and O–H groups in total. The van der Waals surface area contributed by atoms with Crippen LogP contribution in [-0.2, 0) is 0 Å². The van der Waals surface area contributed by atoms with E-state index < -0.39 is 0 Å². The molecule has 2 rings (SSSR count). The maximum Gasteiger partial charge on any atom is 0.323 e. The van der Waals surface area contributed by atoms with Gasteiger partial charge in [0.05, 0.1) is 0 Å². The van der Waals surface area contributed by atoms with Gasteiger partial charge in [-0.25, -0.2) is 4.79 Å². The summed E-state index contributed by atoms with van der Waals surface area (Å²) in [6.07, 6.45) is 13.3. The molecule has 108 valence electrons. The minimum atomic E-state index is -0.337. The third kappa shape index (κ3) is 3.10. The molecule has 4 nitrogen and oxygen atoms in total. The number of hydrogen-bond donors (Lipinski definition) is 2. The van der Waals surface area contributed by atoms with Crippen molar-refractivity contribution < 1.29 is 4.79 Å². The maximum absolute atomic E-state index is 11.8. The molecule has 0 aromatic rings. The second kappa shape index (κ2) is 6.40. The van der Waals surface area contributed by atoms with Crippen molar-refractivity contribution in [1.82, 2.24) is 10.2 Å². The molecule has 1 aliphatic heterocycles. The topological polar surface area (TPSA) is 56.2 Å². The second-order valence-electron chi connectivity index (χ2n) is 6.08. The number of nitrogens with zero attached hydrogens (tertiary/aromatic N) is 1. The van der Waals surface area contributed by atoms with Crippen molar-refractivity contribution in [3.63, 3.8) is 0 Å². The highest BCUT2D eigenvalue weighted by atomic mass is 16.2. The summed E-state index contributed by atoms with van der Waals surface area (Å²) in [4.78, 5) is 13.6. The van der Waals surface area contributed by atoms with Crippen LogP contribution in [0.2, 0.25) is 0 Å². The average Bonchev–Trinajstić information content (AvgIpc) is 2.58. The second-order valence-corrected chi connectivity index (χ2v) is 6.08. The zero-order chi connectivity index (χ0) is 13.7. The van der Waals surface area contributed by atoms with Gasteiger partial charge in [-0.2, -0.15) is 0 Å². The molecule has 0 aromatic heterocycles. The van der Waals surface area contributed by atoms with Gasteiger partial charge in [0.15, 0.2) is 0 Å². The molecule has 1 saturated carbocycles. The van der Waals surface area contributed by atoms with Crippen molar-refractivity contribution in [3.8, 4) is 0 Å². The fourth-order valence-corrected chi connectivity index (χ4v) is 3.45. The lowest BCUT2D eigenvalue weighted by Gasteiger charge is -2.34. The van der Waals surface area contributed by atoms with Crippen molar-refractivity contribution in [2.75, 3.05) is 7.05 Å². The summed E-state index contributed by atoms with van der Waals surface area (Å²) in [6, 6.07) is -0.0999. The van der Waals surface area contributed by atoms with Crippen LogP contribution >= 0.6 is 0 Å². The Morgan fingerprint density at radius 1 is 0.947 bits per heavy atom. The summed E-state index contributed by atoms with van der Waals surface area (Å²) in [7, 11) is 1.85. The third-order valence-corrected chi connectivity index (χ3v) is 4.82. The van der Waals surface area contributed by atoms with Crippen molar-refractivity contribution in [1.29, 1.82) is 5.41 Å². The molecule has 1 saturated heterocycles. The number of amides is 2. The fraction of sp³-hybridized carbons (Fsp3) is 0.867. The zero-order valence-electron chi connectivity index (χ0n) is 12.1. The molecular weight excluding hydrogens is 238 g/mol. The molecule has 19 heavy (non-hydrogen) atoms. The number of likely N-dealkylation sites (N-methyl/N-ethyl adjacent to an activating group) is 1. The summed E-state index contributed by atoms with van der Waals surface area (Å²) in [5.74, 6) is 0.428. The lowest BCUT2D eigenvalue weighted by molar-refractivity contribution is 0.177. The number of amidine groups is 1. The van der Waals surface area contributed by atoms with Gasteiger partial charge in [-0.3, -0.25) is 10.7 Å². The normalized spacial score (nSPS) is 25.8. The van der Waals surface area contributed by atoms with E-state index in [2.05, 4.69) is 5.32 Å². The van der Waals surface area contributed by atoms with Gasteiger partial charge < -0.3 is 4.90 Å². The summed E-state index contributed by atoms with van der Waals surface area (Å²) >= 11 is 0. The summed E-state index contributed by atoms with van der Waals surface area (Å²) < 4.78 is 0. The fourth-order valence-electron chi connectivity index (χ4n) is 3.45. The lowest BCUT2D eigenvalue weighted by atomic mass is 9.84. The van der Waals surface area contributed by atoms with E-state index in [0.717, 1.165) is 25.7 Å². The zero-order valence-corrected chi connectivity index (χ0v) is 12.1. The standard InChI is InChI=1S/C15H27N3O/c1-18-14(19)17-13(16)15(18)11-9-7-5-3-2-4-6-8-10-12-15/h2-12H2,1H3,(H2,16,17,19). The average molecular weight is 265 g/mol. The van der Waals surface area contributed by atoms with Gasteiger partial charge in [-0.15, -0.1) is 0 Å². The Labute approximate surface area is 116 Å². The number of carbonyl (C=O) groups excluding carboxylic acids is 1. The van der Waals surface area contributed by atoms with Gasteiger partial charge in [0, 0.05) is 7.05 Å². The largest absolute Gasteiger partial charge is 0.323 e. The van der Waals surface area contributed by atoms with E-state index in [1.165, 1.54) is 44.9 Å². The summed E-state index contributed by atoms with van der Waals surface area (Å²) in [5, 5.41) is 10.9. The predicted octanol–water partition coefficient (Wildman–Crippen LogP) is 3.66. The highest BCUT2D eigenvalue weighted by molar-refractivity contribution is 6.08. The molecule has 1 aliphatic carbocycles. The van der Waals surface area contributed by atoms with E-state index >= 15 is 0 Å². The molecule has 2 fully saturated rings. The van der Waals surface area contributed by atoms with E-state index in [-0.39, 0.29) is 11.6 Å². The Kier molecular flexibility index (Phi) is 4.83. The van der Waals surface area contributed by atoms with Gasteiger partial charge in [0.2, 0.25) is 0 Å². The Morgan fingerprint density at radius 2 is 1.37 bits per heavy atom. The van der Waals surface area contributed by atoms with Gasteiger partial charge in [-0.05, 0) is 12.8 Å². The Bertz CT molecular complexity index is 328. The number of nitrogens with one attached hydrogen (secondary N) is 2. The predicted molar refractivity (Wildman–Crippen MR) is 77.5 cm³/mol. The van der Waals surface area contributed by atoms with Crippen LogP contribution < -0.4 is 5.32 Å². The van der Waals surface area contributed by atoms with E-state index in [9.17, 15) is 4.79 Å². The van der Waals surface area contributed by atoms with Crippen LogP contribution in [0.4, 0.5) is 4.79 Å². The van der Waals surface area contributed by atoms with Gasteiger partial charge in [0.25, 0.3) is 0 Å². The Morgan fingerprint density at radius 3 is 1.74 bits per heavy atom. The maximum atomic E-state index is 11.8. The first-order valence-electron chi connectivity index (χ1n) is 7.81. The van der Waals surface area contributed by atoms with Gasteiger partial charge >= 0.3 is 6.03 Å². The first-order valence-corrected chi connectivity index (χ1v) is 7.81. The molecule has 0 radical (unpaired) electrons. The van der Waals surface area contributed by atoms with Crippen molar-refractivity contribution in [3.05, 3.63) is 0 Å². The smallest absolute Gasteiger partial charge is 0.315 e.